The third-order valence-electron chi connectivity index (χ3n) is 2.03. The van der Waals surface area contributed by atoms with Gasteiger partial charge < -0.3 is 10.6 Å². The summed E-state index contributed by atoms with van der Waals surface area (Å²) < 4.78 is 11.8. The first-order chi connectivity index (χ1) is 7.24. The Kier molecular flexibility index (Phi) is 4.60. The summed E-state index contributed by atoms with van der Waals surface area (Å²) in [5.41, 5.74) is 1.02. The maximum Gasteiger partial charge on any atom is 0.315 e. The molecule has 2 amide bonds. The smallest absolute Gasteiger partial charge is 0.315 e. The fourth-order valence-corrected chi connectivity index (χ4v) is 1.23. The molecule has 0 aliphatic rings. The van der Waals surface area contributed by atoms with E-state index in [4.69, 9.17) is 0 Å². The van der Waals surface area contributed by atoms with Gasteiger partial charge in [-0.05, 0) is 12.5 Å². The second kappa shape index (κ2) is 6.01. The number of rotatable bonds is 4. The highest BCUT2D eigenvalue weighted by molar-refractivity contribution is 5.74. The van der Waals surface area contributed by atoms with Crippen LogP contribution in [0.1, 0.15) is 18.5 Å². The van der Waals surface area contributed by atoms with Crippen molar-refractivity contribution in [2.45, 2.75) is 13.0 Å². The molecule has 0 aromatic heterocycles. The van der Waals surface area contributed by atoms with Gasteiger partial charge in [-0.3, -0.25) is 0 Å². The molecular formula is C11H15FN2O. The highest BCUT2D eigenvalue weighted by Crippen LogP contribution is 2.10. The van der Waals surface area contributed by atoms with Gasteiger partial charge in [0.05, 0.1) is 6.04 Å². The van der Waals surface area contributed by atoms with Gasteiger partial charge in [-0.2, -0.15) is 0 Å². The lowest BCUT2D eigenvalue weighted by Crippen LogP contribution is -2.37. The van der Waals surface area contributed by atoms with Gasteiger partial charge in [0.1, 0.15) is 6.67 Å². The van der Waals surface area contributed by atoms with Crippen LogP contribution in [0.25, 0.3) is 0 Å². The maximum atomic E-state index is 11.8. The first-order valence-electron chi connectivity index (χ1n) is 4.89. The number of benzene rings is 1. The summed E-state index contributed by atoms with van der Waals surface area (Å²) in [5, 5.41) is 5.12. The molecule has 0 heterocycles. The molecule has 15 heavy (non-hydrogen) atoms. The SMILES string of the molecule is C[C@@H](NC(=O)NCCF)c1ccccc1. The molecule has 0 fully saturated rings. The molecule has 3 nitrogen and oxygen atoms in total. The Morgan fingerprint density at radius 1 is 1.40 bits per heavy atom. The summed E-state index contributed by atoms with van der Waals surface area (Å²) >= 11 is 0. The standard InChI is InChI=1S/C11H15FN2O/c1-9(10-5-3-2-4-6-10)14-11(15)13-8-7-12/h2-6,9H,7-8H2,1H3,(H2,13,14,15)/t9-/m1/s1. The Hall–Kier alpha value is -1.58. The highest BCUT2D eigenvalue weighted by atomic mass is 19.1. The summed E-state index contributed by atoms with van der Waals surface area (Å²) in [6.45, 7) is 1.38. The molecule has 1 rings (SSSR count). The van der Waals surface area contributed by atoms with Gasteiger partial charge in [-0.25, -0.2) is 9.18 Å². The number of carbonyl (C=O) groups is 1. The summed E-state index contributed by atoms with van der Waals surface area (Å²) in [4.78, 5) is 11.2. The number of hydrogen-bond donors (Lipinski definition) is 2. The number of nitrogens with one attached hydrogen (secondary N) is 2. The molecule has 1 aromatic carbocycles. The fraction of sp³-hybridized carbons (Fsp3) is 0.364. The van der Waals surface area contributed by atoms with Gasteiger partial charge >= 0.3 is 6.03 Å². The van der Waals surface area contributed by atoms with Crippen LogP contribution in [0.2, 0.25) is 0 Å². The normalized spacial score (nSPS) is 11.9. The zero-order chi connectivity index (χ0) is 11.1. The zero-order valence-corrected chi connectivity index (χ0v) is 8.66. The topological polar surface area (TPSA) is 41.1 Å². The fourth-order valence-electron chi connectivity index (χ4n) is 1.23. The van der Waals surface area contributed by atoms with E-state index in [-0.39, 0.29) is 18.6 Å². The average Bonchev–Trinajstić information content (AvgIpc) is 2.27. The first-order valence-corrected chi connectivity index (χ1v) is 4.89. The zero-order valence-electron chi connectivity index (χ0n) is 8.66. The predicted molar refractivity (Wildman–Crippen MR) is 57.4 cm³/mol. The van der Waals surface area contributed by atoms with E-state index in [0.29, 0.717) is 0 Å². The van der Waals surface area contributed by atoms with Crippen LogP contribution in [0.15, 0.2) is 30.3 Å². The molecule has 0 bridgehead atoms. The second-order valence-corrected chi connectivity index (χ2v) is 3.22. The van der Waals surface area contributed by atoms with Crippen LogP contribution in [-0.2, 0) is 0 Å². The van der Waals surface area contributed by atoms with Crippen LogP contribution < -0.4 is 10.6 Å². The van der Waals surface area contributed by atoms with Gasteiger partial charge in [-0.1, -0.05) is 30.3 Å². The molecule has 1 atom stereocenters. The van der Waals surface area contributed by atoms with E-state index in [1.807, 2.05) is 37.3 Å². The first kappa shape index (κ1) is 11.5. The van der Waals surface area contributed by atoms with Crippen LogP contribution in [0.5, 0.6) is 0 Å². The Balaban J connectivity index is 2.42. The van der Waals surface area contributed by atoms with Crippen molar-refractivity contribution in [1.82, 2.24) is 10.6 Å². The van der Waals surface area contributed by atoms with E-state index >= 15 is 0 Å². The molecule has 0 unspecified atom stereocenters. The molecule has 0 saturated carbocycles. The number of halogens is 1. The van der Waals surface area contributed by atoms with E-state index in [0.717, 1.165) is 5.56 Å². The average molecular weight is 210 g/mol. The predicted octanol–water partition coefficient (Wildman–Crippen LogP) is 2.02. The molecule has 0 spiro atoms. The minimum absolute atomic E-state index is 0.0490. The monoisotopic (exact) mass is 210 g/mol. The number of alkyl halides is 1. The van der Waals surface area contributed by atoms with Crippen LogP contribution in [0.3, 0.4) is 0 Å². The lowest BCUT2D eigenvalue weighted by atomic mass is 10.1. The van der Waals surface area contributed by atoms with Crippen LogP contribution >= 0.6 is 0 Å². The lowest BCUT2D eigenvalue weighted by Gasteiger charge is -2.14. The third kappa shape index (κ3) is 3.97. The summed E-state index contributed by atoms with van der Waals surface area (Å²) in [5.74, 6) is 0. The lowest BCUT2D eigenvalue weighted by molar-refractivity contribution is 0.237. The maximum absolute atomic E-state index is 11.8. The molecule has 0 aliphatic carbocycles. The van der Waals surface area contributed by atoms with Crippen molar-refractivity contribution >= 4 is 6.03 Å². The number of urea groups is 1. The molecule has 0 saturated heterocycles. The van der Waals surface area contributed by atoms with Gasteiger partial charge in [0, 0.05) is 6.54 Å². The highest BCUT2D eigenvalue weighted by Gasteiger charge is 2.07. The molecule has 2 N–H and O–H groups in total. The van der Waals surface area contributed by atoms with Crippen molar-refractivity contribution in [2.24, 2.45) is 0 Å². The molecule has 0 aliphatic heterocycles. The Morgan fingerprint density at radius 3 is 2.67 bits per heavy atom. The number of carbonyl (C=O) groups excluding carboxylic acids is 1. The van der Waals surface area contributed by atoms with Crippen molar-refractivity contribution < 1.29 is 9.18 Å². The number of amides is 2. The van der Waals surface area contributed by atoms with Crippen molar-refractivity contribution in [3.8, 4) is 0 Å². The van der Waals surface area contributed by atoms with Gasteiger partial charge in [0.15, 0.2) is 0 Å². The van der Waals surface area contributed by atoms with Crippen LogP contribution in [0.4, 0.5) is 9.18 Å². The third-order valence-corrected chi connectivity index (χ3v) is 2.03. The van der Waals surface area contributed by atoms with Crippen LogP contribution in [0, 0.1) is 0 Å². The van der Waals surface area contributed by atoms with Gasteiger partial charge in [-0.15, -0.1) is 0 Å². The van der Waals surface area contributed by atoms with Crippen molar-refractivity contribution in [3.63, 3.8) is 0 Å². The summed E-state index contributed by atoms with van der Waals surface area (Å²) in [6, 6.07) is 9.18. The minimum Gasteiger partial charge on any atom is -0.336 e. The molecule has 1 aromatic rings. The second-order valence-electron chi connectivity index (χ2n) is 3.22. The molecular weight excluding hydrogens is 195 g/mol. The summed E-state index contributed by atoms with van der Waals surface area (Å²) in [6.07, 6.45) is 0. The van der Waals surface area contributed by atoms with E-state index in [1.165, 1.54) is 0 Å². The Morgan fingerprint density at radius 2 is 2.07 bits per heavy atom. The Bertz CT molecular complexity index is 303. The van der Waals surface area contributed by atoms with Gasteiger partial charge in [0.25, 0.3) is 0 Å². The van der Waals surface area contributed by atoms with Crippen molar-refractivity contribution in [3.05, 3.63) is 35.9 Å². The molecule has 0 radical (unpaired) electrons. The summed E-state index contributed by atoms with van der Waals surface area (Å²) in [7, 11) is 0. The van der Waals surface area contributed by atoms with Crippen LogP contribution in [-0.4, -0.2) is 19.3 Å². The largest absolute Gasteiger partial charge is 0.336 e. The molecule has 82 valence electrons. The van der Waals surface area contributed by atoms with E-state index in [1.54, 1.807) is 0 Å². The minimum atomic E-state index is -0.548. The molecule has 4 heteroatoms. The quantitative estimate of drug-likeness (QED) is 0.784. The number of hydrogen-bond acceptors (Lipinski definition) is 1. The van der Waals surface area contributed by atoms with E-state index in [9.17, 15) is 9.18 Å². The Labute approximate surface area is 88.7 Å². The van der Waals surface area contributed by atoms with E-state index in [2.05, 4.69) is 10.6 Å². The van der Waals surface area contributed by atoms with E-state index < -0.39 is 6.67 Å². The van der Waals surface area contributed by atoms with Crippen molar-refractivity contribution in [1.29, 1.82) is 0 Å². The van der Waals surface area contributed by atoms with Gasteiger partial charge in [0.2, 0.25) is 0 Å². The van der Waals surface area contributed by atoms with Crippen molar-refractivity contribution in [2.75, 3.05) is 13.2 Å².